The second-order valence-corrected chi connectivity index (χ2v) is 6.79. The molecule has 0 radical (unpaired) electrons. The Kier molecular flexibility index (Phi) is 19.2. The van der Waals surface area contributed by atoms with Gasteiger partial charge < -0.3 is 4.74 Å². The fourth-order valence-corrected chi connectivity index (χ4v) is 2.94. The Hall–Kier alpha value is -0.990. The second-order valence-electron chi connectivity index (χ2n) is 6.79. The van der Waals surface area contributed by atoms with Crippen molar-refractivity contribution >= 4 is 6.09 Å². The van der Waals surface area contributed by atoms with Gasteiger partial charge in [-0.25, -0.2) is 4.79 Å². The summed E-state index contributed by atoms with van der Waals surface area (Å²) in [6, 6.07) is 0. The molecular formula is C21H41NO2. The van der Waals surface area contributed by atoms with E-state index in [1.54, 1.807) is 0 Å². The van der Waals surface area contributed by atoms with Crippen LogP contribution in [0.4, 0.5) is 4.79 Å². The fourth-order valence-electron chi connectivity index (χ4n) is 2.94. The summed E-state index contributed by atoms with van der Waals surface area (Å²) in [4.78, 5) is 11.0. The summed E-state index contributed by atoms with van der Waals surface area (Å²) in [7, 11) is 0. The molecule has 3 heteroatoms. The van der Waals surface area contributed by atoms with Crippen LogP contribution in [0.5, 0.6) is 0 Å². The first-order chi connectivity index (χ1) is 11.8. The Bertz CT molecular complexity index is 279. The van der Waals surface area contributed by atoms with Crippen LogP contribution in [-0.4, -0.2) is 12.7 Å². The maximum absolute atomic E-state index is 11.0. The average Bonchev–Trinajstić information content (AvgIpc) is 2.58. The lowest BCUT2D eigenvalue weighted by Crippen LogP contribution is -2.18. The molecule has 0 aromatic heterocycles. The lowest BCUT2D eigenvalue weighted by atomic mass is 10.0. The maximum Gasteiger partial charge on any atom is 0.411 e. The summed E-state index contributed by atoms with van der Waals surface area (Å²) < 4.78 is 4.98. The first kappa shape index (κ1) is 23.0. The normalized spacial score (nSPS) is 10.5. The van der Waals surface area contributed by atoms with Crippen LogP contribution in [0.25, 0.3) is 0 Å². The smallest absolute Gasteiger partial charge is 0.411 e. The Balaban J connectivity index is 3.02. The molecule has 0 saturated carbocycles. The monoisotopic (exact) mass is 339 g/mol. The lowest BCUT2D eigenvalue weighted by Gasteiger charge is -2.04. The molecule has 0 aromatic rings. The van der Waals surface area contributed by atoms with Gasteiger partial charge in [0.25, 0.3) is 0 Å². The highest BCUT2D eigenvalue weighted by Gasteiger charge is 1.98. The van der Waals surface area contributed by atoms with Crippen molar-refractivity contribution in [2.45, 2.75) is 110 Å². The number of hydrogen-bond acceptors (Lipinski definition) is 2. The van der Waals surface area contributed by atoms with E-state index < -0.39 is 6.09 Å². The van der Waals surface area contributed by atoms with Gasteiger partial charge in [0.05, 0.1) is 6.61 Å². The minimum absolute atomic E-state index is 0.397. The number of amides is 1. The van der Waals surface area contributed by atoms with Crippen molar-refractivity contribution in [3.8, 4) is 0 Å². The van der Waals surface area contributed by atoms with E-state index in [-0.39, 0.29) is 0 Å². The highest BCUT2D eigenvalue weighted by atomic mass is 16.5. The Morgan fingerprint density at radius 2 is 1.12 bits per heavy atom. The van der Waals surface area contributed by atoms with E-state index in [0.717, 1.165) is 12.8 Å². The molecule has 0 aliphatic carbocycles. The molecule has 1 amide bonds. The molecule has 0 rings (SSSR count). The molecule has 24 heavy (non-hydrogen) atoms. The van der Waals surface area contributed by atoms with Crippen molar-refractivity contribution in [1.82, 2.24) is 5.32 Å². The van der Waals surface area contributed by atoms with Crippen LogP contribution in [0, 0.1) is 0 Å². The van der Waals surface area contributed by atoms with Crippen LogP contribution in [-0.2, 0) is 4.74 Å². The molecule has 0 fully saturated rings. The van der Waals surface area contributed by atoms with E-state index in [0.29, 0.717) is 6.61 Å². The molecule has 0 spiro atoms. The van der Waals surface area contributed by atoms with Gasteiger partial charge in [0.1, 0.15) is 0 Å². The van der Waals surface area contributed by atoms with Crippen LogP contribution in [0.15, 0.2) is 12.8 Å². The van der Waals surface area contributed by atoms with Crippen molar-refractivity contribution in [1.29, 1.82) is 0 Å². The standard InChI is InChI=1S/C21H41NO2/c1-3-5-6-7-8-9-10-11-12-13-14-15-16-17-18-19-20-24-21(23)22-4-2/h4H,2-3,5-20H2,1H3,(H,22,23). The van der Waals surface area contributed by atoms with E-state index in [2.05, 4.69) is 18.8 Å². The summed E-state index contributed by atoms with van der Waals surface area (Å²) in [5, 5.41) is 2.40. The Labute approximate surface area is 150 Å². The summed E-state index contributed by atoms with van der Waals surface area (Å²) in [6.45, 7) is 6.21. The van der Waals surface area contributed by atoms with Crippen LogP contribution in [0.1, 0.15) is 110 Å². The Morgan fingerprint density at radius 3 is 1.50 bits per heavy atom. The SMILES string of the molecule is C=CNC(=O)OCCCCCCCCCCCCCCCCCC. The molecule has 0 heterocycles. The minimum Gasteiger partial charge on any atom is -0.449 e. The average molecular weight is 340 g/mol. The van der Waals surface area contributed by atoms with Crippen molar-refractivity contribution < 1.29 is 9.53 Å². The molecule has 0 aliphatic heterocycles. The number of carbonyl (C=O) groups is 1. The topological polar surface area (TPSA) is 38.3 Å². The van der Waals surface area contributed by atoms with E-state index in [1.165, 1.54) is 96.1 Å². The highest BCUT2D eigenvalue weighted by molar-refractivity contribution is 5.68. The molecule has 0 saturated heterocycles. The second kappa shape index (κ2) is 20.1. The summed E-state index contributed by atoms with van der Waals surface area (Å²) in [5.74, 6) is 0. The van der Waals surface area contributed by atoms with Gasteiger partial charge in [-0.3, -0.25) is 5.32 Å². The van der Waals surface area contributed by atoms with E-state index in [1.807, 2.05) is 0 Å². The van der Waals surface area contributed by atoms with Crippen molar-refractivity contribution in [2.75, 3.05) is 6.61 Å². The summed E-state index contributed by atoms with van der Waals surface area (Å²) >= 11 is 0. The molecule has 142 valence electrons. The van der Waals surface area contributed by atoms with Gasteiger partial charge in [-0.15, -0.1) is 0 Å². The third-order valence-electron chi connectivity index (χ3n) is 4.45. The van der Waals surface area contributed by atoms with Crippen LogP contribution in [0.2, 0.25) is 0 Å². The fraction of sp³-hybridized carbons (Fsp3) is 0.857. The molecule has 0 unspecified atom stereocenters. The number of carbonyl (C=O) groups excluding carboxylic acids is 1. The third kappa shape index (κ3) is 19.1. The van der Waals surface area contributed by atoms with E-state index >= 15 is 0 Å². The number of nitrogens with one attached hydrogen (secondary N) is 1. The quantitative estimate of drug-likeness (QED) is 0.270. The predicted molar refractivity (Wildman–Crippen MR) is 104 cm³/mol. The predicted octanol–water partition coefficient (Wildman–Crippen LogP) is 7.12. The number of alkyl carbamates (subject to hydrolysis) is 1. The first-order valence-electron chi connectivity index (χ1n) is 10.4. The molecule has 1 N–H and O–H groups in total. The van der Waals surface area contributed by atoms with Gasteiger partial charge in [-0.1, -0.05) is 110 Å². The molecule has 0 aliphatic rings. The summed E-state index contributed by atoms with van der Waals surface area (Å²) in [6.07, 6.45) is 22.6. The number of unbranched alkanes of at least 4 members (excludes halogenated alkanes) is 15. The van der Waals surface area contributed by atoms with Crippen molar-refractivity contribution in [3.63, 3.8) is 0 Å². The molecule has 0 bridgehead atoms. The highest BCUT2D eigenvalue weighted by Crippen LogP contribution is 2.13. The van der Waals surface area contributed by atoms with Gasteiger partial charge in [0.15, 0.2) is 0 Å². The number of rotatable bonds is 18. The minimum atomic E-state index is -0.397. The number of ether oxygens (including phenoxy) is 1. The zero-order chi connectivity index (χ0) is 17.7. The zero-order valence-electron chi connectivity index (χ0n) is 16.1. The molecule has 3 nitrogen and oxygen atoms in total. The van der Waals surface area contributed by atoms with E-state index in [4.69, 9.17) is 4.74 Å². The molecular weight excluding hydrogens is 298 g/mol. The van der Waals surface area contributed by atoms with Crippen LogP contribution >= 0.6 is 0 Å². The number of hydrogen-bond donors (Lipinski definition) is 1. The molecule has 0 aromatic carbocycles. The maximum atomic E-state index is 11.0. The lowest BCUT2D eigenvalue weighted by molar-refractivity contribution is 0.147. The van der Waals surface area contributed by atoms with Crippen LogP contribution in [0.3, 0.4) is 0 Å². The van der Waals surface area contributed by atoms with Gasteiger partial charge in [-0.2, -0.15) is 0 Å². The zero-order valence-corrected chi connectivity index (χ0v) is 16.1. The Morgan fingerprint density at radius 1 is 0.750 bits per heavy atom. The van der Waals surface area contributed by atoms with E-state index in [9.17, 15) is 4.79 Å². The molecule has 0 atom stereocenters. The first-order valence-corrected chi connectivity index (χ1v) is 10.4. The third-order valence-corrected chi connectivity index (χ3v) is 4.45. The van der Waals surface area contributed by atoms with Crippen molar-refractivity contribution in [3.05, 3.63) is 12.8 Å². The van der Waals surface area contributed by atoms with Gasteiger partial charge in [0.2, 0.25) is 0 Å². The summed E-state index contributed by atoms with van der Waals surface area (Å²) in [5.41, 5.74) is 0. The largest absolute Gasteiger partial charge is 0.449 e. The van der Waals surface area contributed by atoms with Crippen molar-refractivity contribution in [2.24, 2.45) is 0 Å². The van der Waals surface area contributed by atoms with Crippen LogP contribution < -0.4 is 5.32 Å². The van der Waals surface area contributed by atoms with Gasteiger partial charge >= 0.3 is 6.09 Å². The van der Waals surface area contributed by atoms with Gasteiger partial charge in [0, 0.05) is 0 Å². The van der Waals surface area contributed by atoms with Gasteiger partial charge in [-0.05, 0) is 12.6 Å².